The number of aryl methyl sites for hydroxylation is 1. The van der Waals surface area contributed by atoms with Crippen LogP contribution in [0.4, 0.5) is 11.5 Å². The predicted octanol–water partition coefficient (Wildman–Crippen LogP) is 2.36. The van der Waals surface area contributed by atoms with E-state index in [0.29, 0.717) is 23.3 Å². The highest BCUT2D eigenvalue weighted by molar-refractivity contribution is 5.61. The normalized spacial score (nSPS) is 10.1. The molecule has 8 heteroatoms. The molecule has 1 N–H and O–H groups in total. The molecule has 0 spiro atoms. The standard InChI is InChI=1S/C15H12N6O2/c1-10-19-14(21-23-10)9-22-12-4-2-11(3-5-12)20-15-13(8-16)17-6-7-18-15/h2-7H,9H2,1H3,(H,18,20). The Morgan fingerprint density at radius 1 is 1.22 bits per heavy atom. The van der Waals surface area contributed by atoms with E-state index in [1.54, 1.807) is 19.1 Å². The van der Waals surface area contributed by atoms with Crippen LogP contribution in [0.3, 0.4) is 0 Å². The topological polar surface area (TPSA) is 110 Å². The van der Waals surface area contributed by atoms with Crippen LogP contribution in [0.1, 0.15) is 17.4 Å². The smallest absolute Gasteiger partial charge is 0.223 e. The van der Waals surface area contributed by atoms with Gasteiger partial charge >= 0.3 is 0 Å². The van der Waals surface area contributed by atoms with E-state index in [1.807, 2.05) is 18.2 Å². The second kappa shape index (κ2) is 6.53. The number of hydrogen-bond acceptors (Lipinski definition) is 8. The zero-order chi connectivity index (χ0) is 16.1. The maximum Gasteiger partial charge on any atom is 0.223 e. The van der Waals surface area contributed by atoms with Crippen molar-refractivity contribution in [3.63, 3.8) is 0 Å². The number of nitriles is 1. The van der Waals surface area contributed by atoms with Crippen LogP contribution < -0.4 is 10.1 Å². The van der Waals surface area contributed by atoms with Crippen molar-refractivity contribution < 1.29 is 9.26 Å². The summed E-state index contributed by atoms with van der Waals surface area (Å²) in [5.74, 6) is 2.06. The van der Waals surface area contributed by atoms with Gasteiger partial charge in [0.25, 0.3) is 0 Å². The van der Waals surface area contributed by atoms with Gasteiger partial charge in [-0.15, -0.1) is 0 Å². The third kappa shape index (κ3) is 3.59. The van der Waals surface area contributed by atoms with Gasteiger partial charge in [0, 0.05) is 25.0 Å². The summed E-state index contributed by atoms with van der Waals surface area (Å²) in [5, 5.41) is 15.8. The molecule has 0 saturated carbocycles. The molecule has 0 aliphatic heterocycles. The number of ether oxygens (including phenoxy) is 1. The lowest BCUT2D eigenvalue weighted by Crippen LogP contribution is -1.99. The zero-order valence-corrected chi connectivity index (χ0v) is 12.2. The van der Waals surface area contributed by atoms with Crippen LogP contribution in [0.25, 0.3) is 0 Å². The molecular formula is C15H12N6O2. The highest BCUT2D eigenvalue weighted by Gasteiger charge is 2.06. The number of benzene rings is 1. The Hall–Kier alpha value is -3.47. The minimum Gasteiger partial charge on any atom is -0.485 e. The zero-order valence-electron chi connectivity index (χ0n) is 12.2. The number of nitrogens with zero attached hydrogens (tertiary/aromatic N) is 5. The Bertz CT molecular complexity index is 838. The average Bonchev–Trinajstić information content (AvgIpc) is 3.00. The Balaban J connectivity index is 1.64. The quantitative estimate of drug-likeness (QED) is 0.764. The Morgan fingerprint density at radius 2 is 2.00 bits per heavy atom. The lowest BCUT2D eigenvalue weighted by Gasteiger charge is -2.08. The summed E-state index contributed by atoms with van der Waals surface area (Å²) in [4.78, 5) is 12.1. The fourth-order valence-corrected chi connectivity index (χ4v) is 1.83. The van der Waals surface area contributed by atoms with Crippen molar-refractivity contribution in [1.29, 1.82) is 5.26 Å². The first kappa shape index (κ1) is 14.5. The third-order valence-corrected chi connectivity index (χ3v) is 2.86. The SMILES string of the molecule is Cc1nc(COc2ccc(Nc3nccnc3C#N)cc2)no1. The second-order valence-corrected chi connectivity index (χ2v) is 4.53. The molecule has 0 bridgehead atoms. The van der Waals surface area contributed by atoms with E-state index < -0.39 is 0 Å². The monoisotopic (exact) mass is 308 g/mol. The first-order chi connectivity index (χ1) is 11.2. The Morgan fingerprint density at radius 3 is 2.70 bits per heavy atom. The molecule has 0 fully saturated rings. The van der Waals surface area contributed by atoms with Crippen molar-refractivity contribution in [2.24, 2.45) is 0 Å². The summed E-state index contributed by atoms with van der Waals surface area (Å²) in [7, 11) is 0. The van der Waals surface area contributed by atoms with E-state index >= 15 is 0 Å². The van der Waals surface area contributed by atoms with Gasteiger partial charge in [-0.3, -0.25) is 0 Å². The first-order valence-corrected chi connectivity index (χ1v) is 6.75. The van der Waals surface area contributed by atoms with Gasteiger partial charge in [0.15, 0.2) is 18.1 Å². The van der Waals surface area contributed by atoms with E-state index in [9.17, 15) is 0 Å². The molecule has 1 aromatic carbocycles. The lowest BCUT2D eigenvalue weighted by atomic mass is 10.3. The maximum absolute atomic E-state index is 8.99. The van der Waals surface area contributed by atoms with E-state index in [4.69, 9.17) is 14.5 Å². The molecular weight excluding hydrogens is 296 g/mol. The van der Waals surface area contributed by atoms with Gasteiger partial charge in [-0.05, 0) is 24.3 Å². The van der Waals surface area contributed by atoms with Crippen molar-refractivity contribution in [1.82, 2.24) is 20.1 Å². The molecule has 0 aliphatic carbocycles. The fourth-order valence-electron chi connectivity index (χ4n) is 1.83. The van der Waals surface area contributed by atoms with Gasteiger partial charge in [-0.1, -0.05) is 5.16 Å². The second-order valence-electron chi connectivity index (χ2n) is 4.53. The number of nitrogens with one attached hydrogen (secondary N) is 1. The summed E-state index contributed by atoms with van der Waals surface area (Å²) in [6.45, 7) is 1.95. The molecule has 114 valence electrons. The molecule has 0 radical (unpaired) electrons. The van der Waals surface area contributed by atoms with Gasteiger partial charge in [-0.25, -0.2) is 9.97 Å². The summed E-state index contributed by atoms with van der Waals surface area (Å²) in [6, 6.07) is 9.19. The molecule has 0 amide bonds. The highest BCUT2D eigenvalue weighted by Crippen LogP contribution is 2.20. The number of aromatic nitrogens is 4. The van der Waals surface area contributed by atoms with Gasteiger partial charge < -0.3 is 14.6 Å². The van der Waals surface area contributed by atoms with E-state index in [1.165, 1.54) is 12.4 Å². The predicted molar refractivity (Wildman–Crippen MR) is 79.8 cm³/mol. The van der Waals surface area contributed by atoms with Crippen molar-refractivity contribution in [2.75, 3.05) is 5.32 Å². The minimum atomic E-state index is 0.229. The van der Waals surface area contributed by atoms with Gasteiger partial charge in [0.05, 0.1) is 0 Å². The molecule has 23 heavy (non-hydrogen) atoms. The maximum atomic E-state index is 8.99. The molecule has 0 unspecified atom stereocenters. The molecule has 8 nitrogen and oxygen atoms in total. The third-order valence-electron chi connectivity index (χ3n) is 2.86. The summed E-state index contributed by atoms with van der Waals surface area (Å²) < 4.78 is 10.4. The van der Waals surface area contributed by atoms with Gasteiger partial charge in [0.1, 0.15) is 11.8 Å². The van der Waals surface area contributed by atoms with Gasteiger partial charge in [0.2, 0.25) is 11.7 Å². The van der Waals surface area contributed by atoms with Crippen molar-refractivity contribution in [3.05, 3.63) is 54.1 Å². The average molecular weight is 308 g/mol. The molecule has 0 aliphatic rings. The summed E-state index contributed by atoms with van der Waals surface area (Å²) in [5.41, 5.74) is 1.00. The highest BCUT2D eigenvalue weighted by atomic mass is 16.5. The van der Waals surface area contributed by atoms with Crippen molar-refractivity contribution in [3.8, 4) is 11.8 Å². The molecule has 0 saturated heterocycles. The molecule has 3 rings (SSSR count). The van der Waals surface area contributed by atoms with Crippen LogP contribution in [0, 0.1) is 18.3 Å². The molecule has 2 aromatic heterocycles. The van der Waals surface area contributed by atoms with Gasteiger partial charge in [-0.2, -0.15) is 10.2 Å². The van der Waals surface area contributed by atoms with E-state index in [0.717, 1.165) is 5.69 Å². The molecule has 3 aromatic rings. The minimum absolute atomic E-state index is 0.229. The summed E-state index contributed by atoms with van der Waals surface area (Å²) in [6.07, 6.45) is 2.99. The van der Waals surface area contributed by atoms with Crippen molar-refractivity contribution in [2.45, 2.75) is 13.5 Å². The fraction of sp³-hybridized carbons (Fsp3) is 0.133. The van der Waals surface area contributed by atoms with E-state index in [2.05, 4.69) is 25.4 Å². The van der Waals surface area contributed by atoms with Crippen LogP contribution >= 0.6 is 0 Å². The van der Waals surface area contributed by atoms with Crippen LogP contribution in [-0.2, 0) is 6.61 Å². The number of hydrogen-bond donors (Lipinski definition) is 1. The van der Waals surface area contributed by atoms with Crippen LogP contribution in [0.5, 0.6) is 5.75 Å². The Labute approximate surface area is 131 Å². The molecule has 0 atom stereocenters. The number of anilines is 2. The molecule has 2 heterocycles. The lowest BCUT2D eigenvalue weighted by molar-refractivity contribution is 0.286. The van der Waals surface area contributed by atoms with Crippen molar-refractivity contribution >= 4 is 11.5 Å². The largest absolute Gasteiger partial charge is 0.485 e. The summed E-state index contributed by atoms with van der Waals surface area (Å²) >= 11 is 0. The number of rotatable bonds is 5. The van der Waals surface area contributed by atoms with Crippen LogP contribution in [0.2, 0.25) is 0 Å². The van der Waals surface area contributed by atoms with E-state index in [-0.39, 0.29) is 12.3 Å². The van der Waals surface area contributed by atoms with Crippen LogP contribution in [-0.4, -0.2) is 20.1 Å². The van der Waals surface area contributed by atoms with Crippen LogP contribution in [0.15, 0.2) is 41.2 Å². The first-order valence-electron chi connectivity index (χ1n) is 6.75. The Kier molecular flexibility index (Phi) is 4.11.